The minimum Gasteiger partial charge on any atom is -0.352 e. The van der Waals surface area contributed by atoms with Gasteiger partial charge >= 0.3 is 0 Å². The molecule has 9 heteroatoms. The van der Waals surface area contributed by atoms with Crippen LogP contribution in [0.5, 0.6) is 0 Å². The van der Waals surface area contributed by atoms with Crippen molar-refractivity contribution in [3.63, 3.8) is 0 Å². The van der Waals surface area contributed by atoms with E-state index in [1.165, 1.54) is 17.7 Å². The lowest BCUT2D eigenvalue weighted by molar-refractivity contribution is 0.486. The zero-order chi connectivity index (χ0) is 18.7. The molecule has 8 nitrogen and oxygen atoms in total. The minimum absolute atomic E-state index is 0.115. The van der Waals surface area contributed by atoms with Crippen molar-refractivity contribution < 1.29 is 8.42 Å². The molecule has 3 N–H and O–H groups in total. The molecule has 1 aromatic carbocycles. The largest absolute Gasteiger partial charge is 0.352 e. The van der Waals surface area contributed by atoms with Crippen LogP contribution in [0.2, 0.25) is 0 Å². The first-order valence-corrected chi connectivity index (χ1v) is 9.97. The van der Waals surface area contributed by atoms with Gasteiger partial charge in [-0.2, -0.15) is 5.10 Å². The molecule has 1 aliphatic heterocycles. The summed E-state index contributed by atoms with van der Waals surface area (Å²) in [6.07, 6.45) is 5.06. The van der Waals surface area contributed by atoms with Gasteiger partial charge in [-0.25, -0.2) is 13.6 Å². The summed E-state index contributed by atoms with van der Waals surface area (Å²) in [7, 11) is 0.0376. The number of hydrogen-bond donors (Lipinski definition) is 2. The lowest BCUT2D eigenvalue weighted by Crippen LogP contribution is -2.39. The fourth-order valence-electron chi connectivity index (χ4n) is 3.19. The van der Waals surface area contributed by atoms with E-state index in [2.05, 4.69) is 26.5 Å². The van der Waals surface area contributed by atoms with E-state index >= 15 is 0 Å². The average Bonchev–Trinajstić information content (AvgIpc) is 3.24. The molecule has 2 heterocycles. The molecule has 0 saturated carbocycles. The maximum Gasteiger partial charge on any atom is 0.238 e. The maximum absolute atomic E-state index is 11.3. The Morgan fingerprint density at radius 1 is 1.38 bits per heavy atom. The molecule has 140 valence electrons. The van der Waals surface area contributed by atoms with Gasteiger partial charge in [-0.3, -0.25) is 9.67 Å². The highest BCUT2D eigenvalue weighted by molar-refractivity contribution is 7.89. The van der Waals surface area contributed by atoms with Gasteiger partial charge in [0, 0.05) is 45.8 Å². The van der Waals surface area contributed by atoms with Crippen LogP contribution >= 0.6 is 0 Å². The van der Waals surface area contributed by atoms with Crippen LogP contribution in [0.25, 0.3) is 0 Å². The molecule has 26 heavy (non-hydrogen) atoms. The first kappa shape index (κ1) is 18.4. The van der Waals surface area contributed by atoms with Crippen LogP contribution in [0.1, 0.15) is 23.5 Å². The number of likely N-dealkylation sites (tertiary alicyclic amines) is 1. The topological polar surface area (TPSA) is 106 Å². The van der Waals surface area contributed by atoms with Gasteiger partial charge in [0.1, 0.15) is 0 Å². The molecule has 1 atom stereocenters. The van der Waals surface area contributed by atoms with Crippen molar-refractivity contribution in [2.24, 2.45) is 17.2 Å². The summed E-state index contributed by atoms with van der Waals surface area (Å²) < 4.78 is 24.5. The van der Waals surface area contributed by atoms with Gasteiger partial charge in [-0.1, -0.05) is 12.1 Å². The highest BCUT2D eigenvalue weighted by atomic mass is 32.2. The summed E-state index contributed by atoms with van der Waals surface area (Å²) in [5, 5.41) is 12.7. The molecular weight excluding hydrogens is 352 g/mol. The fourth-order valence-corrected chi connectivity index (χ4v) is 3.70. The maximum atomic E-state index is 11.3. The lowest BCUT2D eigenvalue weighted by atomic mass is 10.0. The van der Waals surface area contributed by atoms with E-state index in [-0.39, 0.29) is 4.90 Å². The van der Waals surface area contributed by atoms with Crippen LogP contribution in [0.15, 0.2) is 46.5 Å². The molecule has 0 aliphatic carbocycles. The van der Waals surface area contributed by atoms with Crippen LogP contribution in [-0.2, 0) is 23.6 Å². The number of guanidine groups is 1. The number of aliphatic imine (C=N–C) groups is 1. The first-order chi connectivity index (χ1) is 12.4. The van der Waals surface area contributed by atoms with E-state index in [4.69, 9.17) is 5.14 Å². The van der Waals surface area contributed by atoms with E-state index in [9.17, 15) is 8.42 Å². The van der Waals surface area contributed by atoms with E-state index < -0.39 is 10.0 Å². The van der Waals surface area contributed by atoms with Crippen LogP contribution in [0.3, 0.4) is 0 Å². The lowest BCUT2D eigenvalue weighted by Gasteiger charge is -2.21. The fraction of sp³-hybridized carbons (Fsp3) is 0.412. The Kier molecular flexibility index (Phi) is 5.28. The van der Waals surface area contributed by atoms with Gasteiger partial charge in [-0.15, -0.1) is 0 Å². The van der Waals surface area contributed by atoms with Crippen molar-refractivity contribution in [2.45, 2.75) is 23.8 Å². The second-order valence-corrected chi connectivity index (χ2v) is 8.03. The number of nitrogens with one attached hydrogen (secondary N) is 1. The Hall–Kier alpha value is -2.39. The van der Waals surface area contributed by atoms with Crippen molar-refractivity contribution in [3.05, 3.63) is 47.8 Å². The molecule has 1 aromatic heterocycles. The Balaban J connectivity index is 1.58. The number of benzene rings is 1. The average molecular weight is 376 g/mol. The van der Waals surface area contributed by atoms with Gasteiger partial charge in [0.2, 0.25) is 10.0 Å². The van der Waals surface area contributed by atoms with Gasteiger partial charge in [0.15, 0.2) is 5.96 Å². The zero-order valence-corrected chi connectivity index (χ0v) is 15.8. The van der Waals surface area contributed by atoms with Gasteiger partial charge in [0.25, 0.3) is 0 Å². The minimum atomic E-state index is -3.66. The van der Waals surface area contributed by atoms with Crippen LogP contribution in [0, 0.1) is 0 Å². The van der Waals surface area contributed by atoms with E-state index in [0.29, 0.717) is 12.5 Å². The van der Waals surface area contributed by atoms with Crippen molar-refractivity contribution >= 4 is 16.0 Å². The summed E-state index contributed by atoms with van der Waals surface area (Å²) in [5.74, 6) is 1.29. The van der Waals surface area contributed by atoms with Crippen LogP contribution in [0.4, 0.5) is 0 Å². The Morgan fingerprint density at radius 3 is 2.69 bits per heavy atom. The van der Waals surface area contributed by atoms with E-state index in [0.717, 1.165) is 31.0 Å². The summed E-state index contributed by atoms with van der Waals surface area (Å²) >= 11 is 0. The molecule has 1 saturated heterocycles. The normalized spacial score (nSPS) is 18.3. The summed E-state index contributed by atoms with van der Waals surface area (Å²) in [4.78, 5) is 6.72. The predicted octanol–water partition coefficient (Wildman–Crippen LogP) is 0.632. The smallest absolute Gasteiger partial charge is 0.238 e. The highest BCUT2D eigenvalue weighted by Crippen LogP contribution is 2.26. The number of sulfonamides is 1. The Labute approximate surface area is 153 Å². The van der Waals surface area contributed by atoms with Crippen molar-refractivity contribution in [1.29, 1.82) is 0 Å². The number of nitrogens with zero attached hydrogens (tertiary/aromatic N) is 4. The molecule has 0 radical (unpaired) electrons. The number of rotatable bonds is 4. The Morgan fingerprint density at radius 2 is 2.12 bits per heavy atom. The molecule has 0 bridgehead atoms. The third-order valence-corrected chi connectivity index (χ3v) is 5.53. The zero-order valence-electron chi connectivity index (χ0n) is 15.0. The number of primary sulfonamides is 1. The summed E-state index contributed by atoms with van der Waals surface area (Å²) in [5.41, 5.74) is 2.21. The molecule has 1 fully saturated rings. The quantitative estimate of drug-likeness (QED) is 0.601. The van der Waals surface area contributed by atoms with Crippen LogP contribution < -0.4 is 10.5 Å². The predicted molar refractivity (Wildman–Crippen MR) is 100 cm³/mol. The molecule has 0 spiro atoms. The van der Waals surface area contributed by atoms with Crippen molar-refractivity contribution in [1.82, 2.24) is 20.0 Å². The van der Waals surface area contributed by atoms with Crippen LogP contribution in [-0.4, -0.2) is 49.2 Å². The Bertz CT molecular complexity index is 888. The number of aryl methyl sites for hydroxylation is 1. The molecule has 0 amide bonds. The number of nitrogens with two attached hydrogens (primary N) is 1. The van der Waals surface area contributed by atoms with Crippen molar-refractivity contribution in [3.8, 4) is 0 Å². The third kappa shape index (κ3) is 4.23. The first-order valence-electron chi connectivity index (χ1n) is 8.42. The highest BCUT2D eigenvalue weighted by Gasteiger charge is 2.26. The van der Waals surface area contributed by atoms with Crippen molar-refractivity contribution in [2.75, 3.05) is 20.1 Å². The molecule has 1 aliphatic rings. The van der Waals surface area contributed by atoms with E-state index in [1.54, 1.807) is 19.2 Å². The summed E-state index contributed by atoms with van der Waals surface area (Å²) in [6, 6.07) is 6.54. The SMILES string of the molecule is CN=C(NCc1ccc(S(N)(=O)=O)cc1)N1CCC(c2cnn(C)c2)C1. The third-order valence-electron chi connectivity index (χ3n) is 4.60. The van der Waals surface area contributed by atoms with E-state index in [1.807, 2.05) is 17.9 Å². The number of hydrogen-bond acceptors (Lipinski definition) is 4. The molecule has 1 unspecified atom stereocenters. The second kappa shape index (κ2) is 7.46. The molecular formula is C17H24N6O2S. The second-order valence-electron chi connectivity index (χ2n) is 6.47. The molecule has 2 aromatic rings. The van der Waals surface area contributed by atoms with Gasteiger partial charge in [0.05, 0.1) is 11.1 Å². The van der Waals surface area contributed by atoms with Gasteiger partial charge < -0.3 is 10.2 Å². The monoisotopic (exact) mass is 376 g/mol. The van der Waals surface area contributed by atoms with Gasteiger partial charge in [-0.05, 0) is 29.7 Å². The number of aromatic nitrogens is 2. The standard InChI is InChI=1S/C17H24N6O2S/c1-19-17(20-9-13-3-5-16(6-4-13)26(18,24)25)23-8-7-14(12-23)15-10-21-22(2)11-15/h3-6,10-11,14H,7-9,12H2,1-2H3,(H,19,20)(H2,18,24,25). The summed E-state index contributed by atoms with van der Waals surface area (Å²) in [6.45, 7) is 2.39. The molecule has 3 rings (SSSR count).